The molecule has 2 aromatic heterocycles. The number of hydrogen-bond donors (Lipinski definition) is 3. The third-order valence-electron chi connectivity index (χ3n) is 12.1. The molecule has 14 nitrogen and oxygen atoms in total. The number of pyridine rings is 1. The van der Waals surface area contributed by atoms with Crippen molar-refractivity contribution in [3.8, 4) is 0 Å². The molecule has 2 atom stereocenters. The van der Waals surface area contributed by atoms with Gasteiger partial charge in [0.1, 0.15) is 11.6 Å². The summed E-state index contributed by atoms with van der Waals surface area (Å²) in [6.45, 7) is 11.9. The van der Waals surface area contributed by atoms with Gasteiger partial charge in [-0.3, -0.25) is 39.9 Å². The predicted octanol–water partition coefficient (Wildman–Crippen LogP) is 4.82. The van der Waals surface area contributed by atoms with E-state index >= 15 is 8.78 Å². The fourth-order valence-corrected chi connectivity index (χ4v) is 8.90. The van der Waals surface area contributed by atoms with Crippen LogP contribution in [-0.4, -0.2) is 107 Å². The van der Waals surface area contributed by atoms with Crippen molar-refractivity contribution < 1.29 is 27.9 Å². The van der Waals surface area contributed by atoms with Crippen LogP contribution in [0.25, 0.3) is 16.6 Å². The average Bonchev–Trinajstić information content (AvgIpc) is 3.52. The number of halogens is 2. The van der Waals surface area contributed by atoms with Gasteiger partial charge in [-0.1, -0.05) is 13.0 Å². The number of anilines is 2. The van der Waals surface area contributed by atoms with Crippen LogP contribution in [0.2, 0.25) is 0 Å². The first-order valence-electron chi connectivity index (χ1n) is 20.8. The molecule has 6 heterocycles. The topological polar surface area (TPSA) is 163 Å². The number of nitrogens with zero attached hydrogens (tertiary/aromatic N) is 7. The van der Waals surface area contributed by atoms with Gasteiger partial charge in [0, 0.05) is 107 Å². The van der Waals surface area contributed by atoms with Gasteiger partial charge in [0.15, 0.2) is 0 Å². The summed E-state index contributed by atoms with van der Waals surface area (Å²) in [5, 5.41) is 5.28. The van der Waals surface area contributed by atoms with Gasteiger partial charge in [-0.05, 0) is 74.1 Å². The van der Waals surface area contributed by atoms with Crippen molar-refractivity contribution in [2.75, 3.05) is 69.7 Å². The summed E-state index contributed by atoms with van der Waals surface area (Å²) in [7, 11) is 1.65. The molecule has 4 N–H and O–H groups in total. The number of carbonyl (C=O) groups excluding carboxylic acids is 3. The van der Waals surface area contributed by atoms with E-state index < -0.39 is 29.4 Å². The molecule has 316 valence electrons. The first-order chi connectivity index (χ1) is 29.0. The Morgan fingerprint density at radius 3 is 2.42 bits per heavy atom. The highest BCUT2D eigenvalue weighted by atomic mass is 19.1. The number of ether oxygens (including phenoxy) is 1. The lowest BCUT2D eigenvalue weighted by atomic mass is 9.89. The van der Waals surface area contributed by atoms with Gasteiger partial charge in [0.25, 0.3) is 5.91 Å². The number of hydrogen-bond acceptors (Lipinski definition) is 11. The number of amides is 3. The van der Waals surface area contributed by atoms with Crippen LogP contribution in [0.3, 0.4) is 0 Å². The minimum atomic E-state index is -1.01. The Hall–Kier alpha value is -5.74. The Kier molecular flexibility index (Phi) is 11.9. The summed E-state index contributed by atoms with van der Waals surface area (Å²) in [6.07, 6.45) is 3.26. The Labute approximate surface area is 347 Å². The molecule has 2 aromatic carbocycles. The van der Waals surface area contributed by atoms with Crippen LogP contribution in [-0.2, 0) is 27.4 Å². The summed E-state index contributed by atoms with van der Waals surface area (Å²) < 4.78 is 38.5. The average molecular weight is 823 g/mol. The van der Waals surface area contributed by atoms with Crippen molar-refractivity contribution in [2.45, 2.75) is 58.5 Å². The molecule has 8 rings (SSSR count). The number of piperidine rings is 1. The zero-order valence-electron chi connectivity index (χ0n) is 34.3. The molecule has 0 unspecified atom stereocenters. The van der Waals surface area contributed by atoms with E-state index in [9.17, 15) is 14.4 Å². The molecular weight excluding hydrogens is 771 g/mol. The largest absolute Gasteiger partial charge is 0.477 e. The third kappa shape index (κ3) is 8.75. The van der Waals surface area contributed by atoms with Crippen molar-refractivity contribution in [2.24, 2.45) is 22.6 Å². The molecule has 0 aliphatic carbocycles. The number of nitrogens with two attached hydrogens (primary N) is 1. The number of aromatic nitrogens is 3. The molecule has 0 radical (unpaired) electrons. The molecule has 3 fully saturated rings. The van der Waals surface area contributed by atoms with Crippen LogP contribution in [0.1, 0.15) is 71.4 Å². The van der Waals surface area contributed by atoms with Crippen LogP contribution in [0.5, 0.6) is 0 Å². The van der Waals surface area contributed by atoms with E-state index in [1.54, 1.807) is 19.2 Å². The second-order valence-corrected chi connectivity index (χ2v) is 16.6. The number of aliphatic imine (C=N–C) groups is 1. The minimum absolute atomic E-state index is 0.0582. The molecular formula is C44H52F2N10O4. The molecule has 60 heavy (non-hydrogen) atoms. The van der Waals surface area contributed by atoms with E-state index in [0.29, 0.717) is 72.2 Å². The number of piperazine rings is 1. The maximum absolute atomic E-state index is 15.1. The molecule has 16 heteroatoms. The van der Waals surface area contributed by atoms with Crippen LogP contribution in [0, 0.1) is 30.4 Å². The summed E-state index contributed by atoms with van der Waals surface area (Å²) in [6, 6.07) is 12.4. The molecule has 0 spiro atoms. The Morgan fingerprint density at radius 2 is 1.70 bits per heavy atom. The van der Waals surface area contributed by atoms with E-state index in [2.05, 4.69) is 54.0 Å². The van der Waals surface area contributed by atoms with Crippen molar-refractivity contribution in [1.82, 2.24) is 29.7 Å². The lowest BCUT2D eigenvalue weighted by Gasteiger charge is -2.45. The van der Waals surface area contributed by atoms with Crippen LogP contribution in [0.4, 0.5) is 20.4 Å². The Bertz CT molecular complexity index is 2340. The van der Waals surface area contributed by atoms with Gasteiger partial charge in [-0.25, -0.2) is 13.8 Å². The smallest absolute Gasteiger partial charge is 0.258 e. The predicted molar refractivity (Wildman–Crippen MR) is 225 cm³/mol. The molecule has 4 aliphatic heterocycles. The van der Waals surface area contributed by atoms with E-state index in [1.807, 2.05) is 17.9 Å². The molecule has 4 aromatic rings. The van der Waals surface area contributed by atoms with Gasteiger partial charge in [-0.2, -0.15) is 0 Å². The standard InChI is InChI=1S/C44H52F2N10O4/c1-26-5-4-14-60-43(48-3)33(20-47)37-17-30(15-27(2)49-37)41(58)52-44-50-36-8-6-28(16-38(36)56(44)21-26)22-53-10-12-54(13-11-53)23-29-24-55(25-29)31-18-34(45)40(35(46)19-31)32-7-9-39(57)51-42(32)59/h6,8,15-20,26,29,32H,4-5,7,9-14,21-25,47H2,1-3H3,(H,50,52,58)(H,51,57,59)/t26-,32-/m1/s1. The monoisotopic (exact) mass is 822 g/mol. The SMILES string of the molecule is CN=C1OCCC[C@@H](C)Cn2c(nc3ccc(CN4CCN(CC5CN(c6cc(F)c([C@H]7CCC(=O)NC7=O)c(F)c6)C5)CC4)cc32)NC(=O)c2cc(C)nc(c2)C1=CN. The normalized spacial score (nSPS) is 22.8. The zero-order chi connectivity index (χ0) is 42.1. The van der Waals surface area contributed by atoms with Gasteiger partial charge < -0.3 is 24.8 Å². The number of benzene rings is 2. The zero-order valence-corrected chi connectivity index (χ0v) is 34.3. The van der Waals surface area contributed by atoms with Gasteiger partial charge in [0.2, 0.25) is 23.7 Å². The molecule has 2 bridgehead atoms. The Balaban J connectivity index is 0.893. The number of rotatable bonds is 6. The number of aryl methyl sites for hydroxylation is 1. The molecule has 4 aliphatic rings. The summed E-state index contributed by atoms with van der Waals surface area (Å²) in [4.78, 5) is 58.3. The Morgan fingerprint density at radius 1 is 0.950 bits per heavy atom. The maximum Gasteiger partial charge on any atom is 0.258 e. The van der Waals surface area contributed by atoms with E-state index in [1.165, 1.54) is 23.9 Å². The van der Waals surface area contributed by atoms with Crippen molar-refractivity contribution >= 4 is 51.9 Å². The molecule has 0 saturated carbocycles. The van der Waals surface area contributed by atoms with Crippen LogP contribution < -0.4 is 21.3 Å². The number of imide groups is 1. The summed E-state index contributed by atoms with van der Waals surface area (Å²) in [5.74, 6) is -2.37. The summed E-state index contributed by atoms with van der Waals surface area (Å²) >= 11 is 0. The first-order valence-corrected chi connectivity index (χ1v) is 20.8. The molecule has 3 amide bonds. The van der Waals surface area contributed by atoms with Crippen molar-refractivity contribution in [3.63, 3.8) is 0 Å². The lowest BCUT2D eigenvalue weighted by Crippen LogP contribution is -2.54. The second kappa shape index (κ2) is 17.5. The van der Waals surface area contributed by atoms with Gasteiger partial charge in [-0.15, -0.1) is 0 Å². The first kappa shape index (κ1) is 41.0. The third-order valence-corrected chi connectivity index (χ3v) is 12.1. The lowest BCUT2D eigenvalue weighted by molar-refractivity contribution is -0.134. The van der Waals surface area contributed by atoms with E-state index in [0.717, 1.165) is 63.1 Å². The number of carbonyl (C=O) groups is 3. The minimum Gasteiger partial charge on any atom is -0.477 e. The fourth-order valence-electron chi connectivity index (χ4n) is 8.90. The maximum atomic E-state index is 15.1. The summed E-state index contributed by atoms with van der Waals surface area (Å²) in [5.41, 5.74) is 11.3. The number of fused-ring (bicyclic) bond motifs is 5. The number of imidazole rings is 1. The molecule has 3 saturated heterocycles. The van der Waals surface area contributed by atoms with E-state index in [-0.39, 0.29) is 30.2 Å². The van der Waals surface area contributed by atoms with Gasteiger partial charge in [0.05, 0.1) is 34.8 Å². The van der Waals surface area contributed by atoms with Crippen LogP contribution in [0.15, 0.2) is 53.7 Å². The fraction of sp³-hybridized carbons (Fsp3) is 0.455. The number of nitrogens with one attached hydrogen (secondary N) is 2. The highest BCUT2D eigenvalue weighted by Crippen LogP contribution is 2.35. The van der Waals surface area contributed by atoms with Crippen molar-refractivity contribution in [1.29, 1.82) is 0 Å². The quantitative estimate of drug-likeness (QED) is 0.230. The van der Waals surface area contributed by atoms with Crippen molar-refractivity contribution in [3.05, 3.63) is 88.4 Å². The van der Waals surface area contributed by atoms with Gasteiger partial charge >= 0.3 is 0 Å². The highest BCUT2D eigenvalue weighted by molar-refractivity contribution is 6.19. The highest BCUT2D eigenvalue weighted by Gasteiger charge is 2.35. The second-order valence-electron chi connectivity index (χ2n) is 16.6. The van der Waals surface area contributed by atoms with E-state index in [4.69, 9.17) is 15.5 Å². The van der Waals surface area contributed by atoms with Crippen LogP contribution >= 0.6 is 0 Å².